The lowest BCUT2D eigenvalue weighted by atomic mass is 10.1. The Balaban J connectivity index is 2.22. The zero-order valence-electron chi connectivity index (χ0n) is 10.8. The van der Waals surface area contributed by atoms with Gasteiger partial charge in [0, 0.05) is 24.3 Å². The molecule has 2 aromatic rings. The summed E-state index contributed by atoms with van der Waals surface area (Å²) in [7, 11) is 0. The van der Waals surface area contributed by atoms with Crippen molar-refractivity contribution in [2.24, 2.45) is 0 Å². The number of hydrogen-bond acceptors (Lipinski definition) is 4. The van der Waals surface area contributed by atoms with Crippen LogP contribution in [0.3, 0.4) is 0 Å². The molecule has 0 atom stereocenters. The lowest BCUT2D eigenvalue weighted by Gasteiger charge is -2.11. The molecule has 0 spiro atoms. The number of imidazole rings is 1. The fourth-order valence-corrected chi connectivity index (χ4v) is 2.47. The molecule has 0 saturated carbocycles. The van der Waals surface area contributed by atoms with E-state index in [0.29, 0.717) is 6.54 Å². The number of carboxylic acid groups (broad SMARTS) is 1. The molecule has 2 rings (SSSR count). The minimum atomic E-state index is -0.836. The summed E-state index contributed by atoms with van der Waals surface area (Å²) in [5.74, 6) is -0.816. The van der Waals surface area contributed by atoms with E-state index >= 15 is 0 Å². The normalized spacial score (nSPS) is 10.6. The predicted octanol–water partition coefficient (Wildman–Crippen LogP) is 2.12. The maximum atomic E-state index is 10.6. The Hall–Kier alpha value is -1.82. The first kappa shape index (κ1) is 13.6. The molecule has 0 aliphatic carbocycles. The number of aromatic nitrogens is 3. The van der Waals surface area contributed by atoms with Gasteiger partial charge in [-0.15, -0.1) is 0 Å². The third-order valence-corrected chi connectivity index (χ3v) is 3.78. The van der Waals surface area contributed by atoms with Gasteiger partial charge in [-0.05, 0) is 31.0 Å². The van der Waals surface area contributed by atoms with Gasteiger partial charge in [0.1, 0.15) is 0 Å². The number of thioether (sulfide) groups is 1. The number of aryl methyl sites for hydroxylation is 2. The van der Waals surface area contributed by atoms with Crippen molar-refractivity contribution in [2.45, 2.75) is 25.5 Å². The molecule has 1 N–H and O–H groups in total. The Kier molecular flexibility index (Phi) is 4.21. The molecule has 0 amide bonds. The zero-order chi connectivity index (χ0) is 13.8. The number of aliphatic carboxylic acids is 1. The van der Waals surface area contributed by atoms with Crippen LogP contribution in [0.5, 0.6) is 0 Å². The standard InChI is InChI=1S/C13H15N3O2S/c1-9-5-14-4-3-11(9)7-16-10(2)6-15-13(16)19-8-12(17)18/h3-6H,7-8H2,1-2H3,(H,17,18). The maximum Gasteiger partial charge on any atom is 0.313 e. The van der Waals surface area contributed by atoms with Crippen LogP contribution >= 0.6 is 11.8 Å². The molecule has 100 valence electrons. The van der Waals surface area contributed by atoms with Crippen molar-refractivity contribution in [3.63, 3.8) is 0 Å². The summed E-state index contributed by atoms with van der Waals surface area (Å²) < 4.78 is 2.02. The fraction of sp³-hybridized carbons (Fsp3) is 0.308. The molecular formula is C13H15N3O2S. The topological polar surface area (TPSA) is 68.0 Å². The summed E-state index contributed by atoms with van der Waals surface area (Å²) in [6.45, 7) is 4.66. The molecule has 0 fully saturated rings. The van der Waals surface area contributed by atoms with E-state index in [1.165, 1.54) is 11.8 Å². The summed E-state index contributed by atoms with van der Waals surface area (Å²) in [6, 6.07) is 1.97. The van der Waals surface area contributed by atoms with Crippen molar-refractivity contribution in [1.82, 2.24) is 14.5 Å². The van der Waals surface area contributed by atoms with E-state index in [-0.39, 0.29) is 5.75 Å². The molecule has 2 heterocycles. The van der Waals surface area contributed by atoms with Crippen LogP contribution in [0, 0.1) is 13.8 Å². The first-order valence-electron chi connectivity index (χ1n) is 5.84. The Morgan fingerprint density at radius 3 is 2.89 bits per heavy atom. The lowest BCUT2D eigenvalue weighted by molar-refractivity contribution is -0.133. The van der Waals surface area contributed by atoms with Crippen molar-refractivity contribution in [2.75, 3.05) is 5.75 Å². The summed E-state index contributed by atoms with van der Waals surface area (Å²) in [5, 5.41) is 9.47. The molecular weight excluding hydrogens is 262 g/mol. The van der Waals surface area contributed by atoms with E-state index in [0.717, 1.165) is 22.0 Å². The molecule has 0 aromatic carbocycles. The zero-order valence-corrected chi connectivity index (χ0v) is 11.6. The van der Waals surface area contributed by atoms with Crippen molar-refractivity contribution in [1.29, 1.82) is 0 Å². The second-order valence-electron chi connectivity index (χ2n) is 4.25. The van der Waals surface area contributed by atoms with Crippen LogP contribution < -0.4 is 0 Å². The molecule has 0 aliphatic rings. The van der Waals surface area contributed by atoms with Gasteiger partial charge in [0.2, 0.25) is 0 Å². The predicted molar refractivity (Wildman–Crippen MR) is 73.4 cm³/mol. The van der Waals surface area contributed by atoms with Crippen LogP contribution in [0.1, 0.15) is 16.8 Å². The molecule has 19 heavy (non-hydrogen) atoms. The number of nitrogens with zero attached hydrogens (tertiary/aromatic N) is 3. The van der Waals surface area contributed by atoms with Crippen LogP contribution in [0.2, 0.25) is 0 Å². The fourth-order valence-electron chi connectivity index (χ4n) is 1.72. The first-order chi connectivity index (χ1) is 9.08. The van der Waals surface area contributed by atoms with E-state index in [4.69, 9.17) is 5.11 Å². The highest BCUT2D eigenvalue weighted by Crippen LogP contribution is 2.20. The van der Waals surface area contributed by atoms with E-state index in [9.17, 15) is 4.79 Å². The summed E-state index contributed by atoms with van der Waals surface area (Å²) in [5.41, 5.74) is 3.29. The second kappa shape index (κ2) is 5.88. The number of carboxylic acids is 1. The molecule has 0 radical (unpaired) electrons. The van der Waals surface area contributed by atoms with Crippen LogP contribution in [0.15, 0.2) is 29.8 Å². The van der Waals surface area contributed by atoms with Gasteiger partial charge in [-0.3, -0.25) is 9.78 Å². The van der Waals surface area contributed by atoms with Crippen molar-refractivity contribution < 1.29 is 9.90 Å². The Morgan fingerprint density at radius 2 is 2.21 bits per heavy atom. The minimum Gasteiger partial charge on any atom is -0.481 e. The highest BCUT2D eigenvalue weighted by Gasteiger charge is 2.11. The quantitative estimate of drug-likeness (QED) is 0.848. The molecule has 5 nitrogen and oxygen atoms in total. The van der Waals surface area contributed by atoms with E-state index in [2.05, 4.69) is 9.97 Å². The Bertz CT molecular complexity index is 595. The van der Waals surface area contributed by atoms with Gasteiger partial charge in [-0.2, -0.15) is 0 Å². The van der Waals surface area contributed by atoms with E-state index in [1.54, 1.807) is 12.4 Å². The molecule has 0 unspecified atom stereocenters. The highest BCUT2D eigenvalue weighted by atomic mass is 32.2. The second-order valence-corrected chi connectivity index (χ2v) is 5.20. The minimum absolute atomic E-state index is 0.0196. The van der Waals surface area contributed by atoms with Gasteiger partial charge in [0.15, 0.2) is 5.16 Å². The molecule has 0 bridgehead atoms. The average molecular weight is 277 g/mol. The molecule has 0 aliphatic heterocycles. The SMILES string of the molecule is Cc1cnccc1Cn1c(C)cnc1SCC(=O)O. The molecule has 0 saturated heterocycles. The van der Waals surface area contributed by atoms with Gasteiger partial charge in [0.25, 0.3) is 0 Å². The Morgan fingerprint density at radius 1 is 1.42 bits per heavy atom. The van der Waals surface area contributed by atoms with Crippen molar-refractivity contribution >= 4 is 17.7 Å². The summed E-state index contributed by atoms with van der Waals surface area (Å²) in [4.78, 5) is 19.0. The largest absolute Gasteiger partial charge is 0.481 e. The van der Waals surface area contributed by atoms with E-state index < -0.39 is 5.97 Å². The Labute approximate surface area is 115 Å². The van der Waals surface area contributed by atoms with Gasteiger partial charge in [0.05, 0.1) is 12.3 Å². The number of hydrogen-bond donors (Lipinski definition) is 1. The monoisotopic (exact) mass is 277 g/mol. The van der Waals surface area contributed by atoms with Gasteiger partial charge in [-0.1, -0.05) is 11.8 Å². The van der Waals surface area contributed by atoms with Gasteiger partial charge >= 0.3 is 5.97 Å². The summed E-state index contributed by atoms with van der Waals surface area (Å²) >= 11 is 1.24. The van der Waals surface area contributed by atoms with E-state index in [1.807, 2.05) is 30.7 Å². The number of pyridine rings is 1. The molecule has 2 aromatic heterocycles. The van der Waals surface area contributed by atoms with Crippen LogP contribution in [0.25, 0.3) is 0 Å². The lowest BCUT2D eigenvalue weighted by Crippen LogP contribution is -2.07. The first-order valence-corrected chi connectivity index (χ1v) is 6.82. The highest BCUT2D eigenvalue weighted by molar-refractivity contribution is 7.99. The third kappa shape index (κ3) is 3.35. The summed E-state index contributed by atoms with van der Waals surface area (Å²) in [6.07, 6.45) is 5.35. The van der Waals surface area contributed by atoms with Crippen LogP contribution in [0.4, 0.5) is 0 Å². The molecule has 6 heteroatoms. The van der Waals surface area contributed by atoms with Crippen LogP contribution in [-0.4, -0.2) is 31.4 Å². The average Bonchev–Trinajstić information content (AvgIpc) is 2.71. The third-order valence-electron chi connectivity index (χ3n) is 2.81. The van der Waals surface area contributed by atoms with Crippen molar-refractivity contribution in [3.05, 3.63) is 41.5 Å². The van der Waals surface area contributed by atoms with Gasteiger partial charge in [-0.25, -0.2) is 4.98 Å². The number of carbonyl (C=O) groups is 1. The van der Waals surface area contributed by atoms with Crippen molar-refractivity contribution in [3.8, 4) is 0 Å². The number of rotatable bonds is 5. The maximum absolute atomic E-state index is 10.6. The smallest absolute Gasteiger partial charge is 0.313 e. The van der Waals surface area contributed by atoms with Gasteiger partial charge < -0.3 is 9.67 Å². The van der Waals surface area contributed by atoms with Crippen LogP contribution in [-0.2, 0) is 11.3 Å².